The van der Waals surface area contributed by atoms with Crippen LogP contribution in [0.5, 0.6) is 5.75 Å². The zero-order valence-corrected chi connectivity index (χ0v) is 21.2. The highest BCUT2D eigenvalue weighted by Crippen LogP contribution is 2.45. The van der Waals surface area contributed by atoms with Crippen molar-refractivity contribution in [2.45, 2.75) is 76.5 Å². The number of benzene rings is 2. The Hall–Kier alpha value is -2.65. The van der Waals surface area contributed by atoms with Gasteiger partial charge < -0.3 is 4.74 Å². The van der Waals surface area contributed by atoms with Gasteiger partial charge in [-0.1, -0.05) is 19.8 Å². The summed E-state index contributed by atoms with van der Waals surface area (Å²) < 4.78 is 129. The molecule has 0 N–H and O–H groups in total. The highest BCUT2D eigenvalue weighted by Gasteiger charge is 2.42. The van der Waals surface area contributed by atoms with E-state index >= 15 is 0 Å². The van der Waals surface area contributed by atoms with E-state index in [-0.39, 0.29) is 29.7 Å². The first-order chi connectivity index (χ1) is 18.2. The number of rotatable bonds is 6. The summed E-state index contributed by atoms with van der Waals surface area (Å²) in [4.78, 5) is 0. The molecule has 0 atom stereocenters. The molecular weight excluding hydrogens is 535 g/mol. The SMILES string of the molecule is CC1CCC(C2CCC(c3cc(F)c(C(F)(F)Oc4cc(F)c(/C=C/C(F)(F)F)c(F)c4)c(F)c3)CC2)CC1. The van der Waals surface area contributed by atoms with E-state index in [1.807, 2.05) is 0 Å². The highest BCUT2D eigenvalue weighted by atomic mass is 19.4. The maximum atomic E-state index is 14.8. The van der Waals surface area contributed by atoms with Gasteiger partial charge in [-0.05, 0) is 86.0 Å². The second-order valence-electron chi connectivity index (χ2n) is 10.8. The van der Waals surface area contributed by atoms with Crippen LogP contribution in [0.2, 0.25) is 0 Å². The molecule has 0 aromatic heterocycles. The van der Waals surface area contributed by atoms with Crippen molar-refractivity contribution in [3.8, 4) is 5.75 Å². The van der Waals surface area contributed by atoms with E-state index in [4.69, 9.17) is 0 Å². The van der Waals surface area contributed by atoms with Crippen molar-refractivity contribution in [2.24, 2.45) is 17.8 Å². The summed E-state index contributed by atoms with van der Waals surface area (Å²) in [6.07, 6.45) is -1.90. The van der Waals surface area contributed by atoms with Gasteiger partial charge >= 0.3 is 12.3 Å². The lowest BCUT2D eigenvalue weighted by Crippen LogP contribution is -2.26. The van der Waals surface area contributed by atoms with Crippen molar-refractivity contribution in [1.29, 1.82) is 0 Å². The Morgan fingerprint density at radius 3 is 1.67 bits per heavy atom. The van der Waals surface area contributed by atoms with Gasteiger partial charge in [0.05, 0.1) is 0 Å². The predicted octanol–water partition coefficient (Wildman–Crippen LogP) is 10.0. The van der Waals surface area contributed by atoms with E-state index in [9.17, 15) is 39.5 Å². The molecule has 10 heteroatoms. The Balaban J connectivity index is 1.47. The van der Waals surface area contributed by atoms with Crippen LogP contribution >= 0.6 is 0 Å². The average molecular weight is 565 g/mol. The molecule has 0 bridgehead atoms. The third-order valence-corrected chi connectivity index (χ3v) is 8.06. The van der Waals surface area contributed by atoms with Crippen molar-refractivity contribution in [1.82, 2.24) is 0 Å². The summed E-state index contributed by atoms with van der Waals surface area (Å²) in [5.41, 5.74) is -2.60. The van der Waals surface area contributed by atoms with Crippen LogP contribution in [0, 0.1) is 41.0 Å². The first-order valence-electron chi connectivity index (χ1n) is 13.0. The quantitative estimate of drug-likeness (QED) is 0.317. The minimum Gasteiger partial charge on any atom is -0.429 e. The lowest BCUT2D eigenvalue weighted by molar-refractivity contribution is -0.189. The minimum atomic E-state index is -4.87. The molecule has 2 aromatic rings. The van der Waals surface area contributed by atoms with Crippen LogP contribution in [0.15, 0.2) is 30.3 Å². The largest absolute Gasteiger partial charge is 0.432 e. The van der Waals surface area contributed by atoms with Crippen molar-refractivity contribution in [3.05, 3.63) is 70.3 Å². The van der Waals surface area contributed by atoms with E-state index in [0.717, 1.165) is 30.9 Å². The smallest absolute Gasteiger partial charge is 0.429 e. The van der Waals surface area contributed by atoms with Crippen LogP contribution in [0.1, 0.15) is 80.9 Å². The Morgan fingerprint density at radius 1 is 0.692 bits per heavy atom. The first kappa shape index (κ1) is 29.3. The Labute approximate surface area is 221 Å². The number of ether oxygens (including phenoxy) is 1. The second-order valence-corrected chi connectivity index (χ2v) is 10.8. The number of hydrogen-bond acceptors (Lipinski definition) is 1. The van der Waals surface area contributed by atoms with E-state index in [1.54, 1.807) is 0 Å². The third-order valence-electron chi connectivity index (χ3n) is 8.06. The van der Waals surface area contributed by atoms with E-state index in [1.165, 1.54) is 25.7 Å². The van der Waals surface area contributed by atoms with E-state index in [2.05, 4.69) is 11.7 Å². The summed E-state index contributed by atoms with van der Waals surface area (Å²) in [5, 5.41) is 0. The van der Waals surface area contributed by atoms with Crippen molar-refractivity contribution < 1.29 is 44.3 Å². The maximum absolute atomic E-state index is 14.8. The summed E-state index contributed by atoms with van der Waals surface area (Å²) in [5.74, 6) is -5.79. The molecule has 0 spiro atoms. The summed E-state index contributed by atoms with van der Waals surface area (Å²) in [6.45, 7) is 2.25. The topological polar surface area (TPSA) is 9.23 Å². The van der Waals surface area contributed by atoms with Crippen LogP contribution in [0.25, 0.3) is 6.08 Å². The normalized spacial score (nSPS) is 24.8. The first-order valence-corrected chi connectivity index (χ1v) is 13.0. The van der Waals surface area contributed by atoms with Crippen LogP contribution < -0.4 is 4.74 Å². The third kappa shape index (κ3) is 7.11. The average Bonchev–Trinajstić information content (AvgIpc) is 2.82. The van der Waals surface area contributed by atoms with Gasteiger partial charge in [-0.3, -0.25) is 0 Å². The van der Waals surface area contributed by atoms with Gasteiger partial charge in [0.1, 0.15) is 34.6 Å². The zero-order valence-electron chi connectivity index (χ0n) is 21.2. The molecule has 39 heavy (non-hydrogen) atoms. The number of halogens is 9. The molecule has 0 amide bonds. The van der Waals surface area contributed by atoms with E-state index in [0.29, 0.717) is 24.7 Å². The Kier molecular flexibility index (Phi) is 8.61. The van der Waals surface area contributed by atoms with Gasteiger partial charge in [0.15, 0.2) is 0 Å². The lowest BCUT2D eigenvalue weighted by atomic mass is 9.68. The Bertz CT molecular complexity index is 1140. The Morgan fingerprint density at radius 2 is 1.18 bits per heavy atom. The molecular formula is C29H29F9O. The molecule has 2 aliphatic carbocycles. The van der Waals surface area contributed by atoms with Crippen molar-refractivity contribution >= 4 is 6.08 Å². The molecule has 2 aromatic carbocycles. The van der Waals surface area contributed by atoms with Gasteiger partial charge in [-0.25, -0.2) is 17.6 Å². The van der Waals surface area contributed by atoms with Crippen molar-refractivity contribution in [2.75, 3.05) is 0 Å². The lowest BCUT2D eigenvalue weighted by Gasteiger charge is -2.37. The fourth-order valence-electron chi connectivity index (χ4n) is 5.94. The van der Waals surface area contributed by atoms with Crippen LogP contribution in [0.3, 0.4) is 0 Å². The van der Waals surface area contributed by atoms with Gasteiger partial charge in [0.25, 0.3) is 0 Å². The van der Waals surface area contributed by atoms with Gasteiger partial charge in [0.2, 0.25) is 0 Å². The van der Waals surface area contributed by atoms with Gasteiger partial charge in [-0.15, -0.1) is 0 Å². The predicted molar refractivity (Wildman–Crippen MR) is 128 cm³/mol. The zero-order chi connectivity index (χ0) is 28.5. The van der Waals surface area contributed by atoms with E-state index < -0.39 is 58.5 Å². The molecule has 2 saturated carbocycles. The van der Waals surface area contributed by atoms with Gasteiger partial charge in [0, 0.05) is 23.8 Å². The maximum Gasteiger partial charge on any atom is 0.432 e. The molecule has 1 nitrogen and oxygen atoms in total. The molecule has 2 fully saturated rings. The standard InChI is InChI=1S/C29H29F9O/c1-16-2-4-17(5-3-16)18-6-8-19(9-7-18)20-12-25(32)27(26(33)13-20)29(37,38)39-21-14-23(30)22(24(31)15-21)10-11-28(34,35)36/h10-19H,2-9H2,1H3/b11-10+. The summed E-state index contributed by atoms with van der Waals surface area (Å²) in [6, 6.07) is 2.11. The van der Waals surface area contributed by atoms with Gasteiger partial charge in [-0.2, -0.15) is 22.0 Å². The van der Waals surface area contributed by atoms with Crippen LogP contribution in [-0.4, -0.2) is 6.18 Å². The van der Waals surface area contributed by atoms with Crippen LogP contribution in [-0.2, 0) is 6.11 Å². The molecule has 0 radical (unpaired) electrons. The molecule has 214 valence electrons. The monoisotopic (exact) mass is 564 g/mol. The molecule has 0 heterocycles. The highest BCUT2D eigenvalue weighted by molar-refractivity contribution is 5.53. The minimum absolute atomic E-state index is 0.0910. The fourth-order valence-corrected chi connectivity index (χ4v) is 5.94. The summed E-state index contributed by atoms with van der Waals surface area (Å²) >= 11 is 0. The molecule has 0 saturated heterocycles. The second kappa shape index (κ2) is 11.5. The molecule has 2 aliphatic rings. The van der Waals surface area contributed by atoms with Crippen LogP contribution in [0.4, 0.5) is 39.5 Å². The van der Waals surface area contributed by atoms with Crippen molar-refractivity contribution in [3.63, 3.8) is 0 Å². The fraction of sp³-hybridized carbons (Fsp3) is 0.517. The number of alkyl halides is 5. The number of allylic oxidation sites excluding steroid dienone is 1. The summed E-state index contributed by atoms with van der Waals surface area (Å²) in [7, 11) is 0. The molecule has 4 rings (SSSR count). The number of hydrogen-bond donors (Lipinski definition) is 0. The molecule has 0 unspecified atom stereocenters. The molecule has 0 aliphatic heterocycles.